The summed E-state index contributed by atoms with van der Waals surface area (Å²) in [5.41, 5.74) is 0.903. The van der Waals surface area contributed by atoms with Gasteiger partial charge in [0.1, 0.15) is 0 Å². The van der Waals surface area contributed by atoms with Crippen LogP contribution in [0.5, 0.6) is 0 Å². The van der Waals surface area contributed by atoms with Gasteiger partial charge in [0.2, 0.25) is 17.7 Å². The van der Waals surface area contributed by atoms with Crippen molar-refractivity contribution in [3.8, 4) is 11.5 Å². The fourth-order valence-corrected chi connectivity index (χ4v) is 2.75. The summed E-state index contributed by atoms with van der Waals surface area (Å²) in [5.74, 6) is 1.15. The van der Waals surface area contributed by atoms with Crippen molar-refractivity contribution in [2.45, 2.75) is 39.2 Å². The number of aliphatic hydroxyl groups is 1. The van der Waals surface area contributed by atoms with E-state index >= 15 is 0 Å². The third-order valence-corrected chi connectivity index (χ3v) is 3.88. The van der Waals surface area contributed by atoms with Crippen LogP contribution in [0.15, 0.2) is 21.2 Å². The zero-order valence-electron chi connectivity index (χ0n) is 12.8. The van der Waals surface area contributed by atoms with Gasteiger partial charge < -0.3 is 14.8 Å². The Morgan fingerprint density at radius 1 is 1.45 bits per heavy atom. The minimum Gasteiger partial charge on any atom is -0.421 e. The Morgan fingerprint density at radius 3 is 2.95 bits per heavy atom. The van der Waals surface area contributed by atoms with E-state index in [1.807, 2.05) is 23.8 Å². The van der Waals surface area contributed by atoms with Crippen LogP contribution in [0.3, 0.4) is 0 Å². The molecule has 0 aliphatic carbocycles. The average Bonchev–Trinajstić information content (AvgIpc) is 3.12. The molecule has 120 valence electrons. The number of nitrogens with one attached hydrogen (secondary N) is 1. The predicted octanol–water partition coefficient (Wildman–Crippen LogP) is 2.25. The molecule has 2 aromatic heterocycles. The Kier molecular flexibility index (Phi) is 6.09. The van der Waals surface area contributed by atoms with Gasteiger partial charge in [-0.15, -0.1) is 10.2 Å². The number of hydrogen-bond acceptors (Lipinski definition) is 6. The summed E-state index contributed by atoms with van der Waals surface area (Å²) in [4.78, 5) is 11.8. The highest BCUT2D eigenvalue weighted by Gasteiger charge is 2.12. The number of nitrogens with zero attached hydrogens (tertiary/aromatic N) is 2. The molecule has 0 aromatic carbocycles. The Hall–Kier alpha value is -1.73. The number of hydrogen-bond donors (Lipinski definition) is 2. The second kappa shape index (κ2) is 8.05. The second-order valence-electron chi connectivity index (χ2n) is 5.51. The highest BCUT2D eigenvalue weighted by molar-refractivity contribution is 7.08. The first-order valence-electron chi connectivity index (χ1n) is 7.34. The molecule has 2 N–H and O–H groups in total. The molecule has 0 aliphatic heterocycles. The number of thiophene rings is 1. The second-order valence-corrected chi connectivity index (χ2v) is 6.29. The van der Waals surface area contributed by atoms with Gasteiger partial charge in [-0.25, -0.2) is 0 Å². The summed E-state index contributed by atoms with van der Waals surface area (Å²) >= 11 is 1.57. The number of aliphatic hydroxyl groups excluding tert-OH is 1. The molecule has 2 aromatic rings. The first-order chi connectivity index (χ1) is 10.5. The molecule has 2 rings (SSSR count). The smallest absolute Gasteiger partial charge is 0.248 e. The lowest BCUT2D eigenvalue weighted by atomic mass is 10.0. The third kappa shape index (κ3) is 5.23. The van der Waals surface area contributed by atoms with Gasteiger partial charge in [-0.2, -0.15) is 11.3 Å². The van der Waals surface area contributed by atoms with E-state index in [0.717, 1.165) is 5.56 Å². The molecular formula is C15H21N3O3S. The molecule has 2 atom stereocenters. The SMILES string of the molecule is CC(O)CC(C)CNC(=O)CCc1nnc(-c2ccsc2)o1. The fraction of sp³-hybridized carbons (Fsp3) is 0.533. The molecule has 0 fully saturated rings. The van der Waals surface area contributed by atoms with Crippen LogP contribution in [0.1, 0.15) is 32.6 Å². The first-order valence-corrected chi connectivity index (χ1v) is 8.28. The summed E-state index contributed by atoms with van der Waals surface area (Å²) in [7, 11) is 0. The molecule has 0 radical (unpaired) electrons. The lowest BCUT2D eigenvalue weighted by molar-refractivity contribution is -0.121. The van der Waals surface area contributed by atoms with Crippen molar-refractivity contribution >= 4 is 17.2 Å². The quantitative estimate of drug-likeness (QED) is 0.778. The van der Waals surface area contributed by atoms with Gasteiger partial charge in [-0.1, -0.05) is 6.92 Å². The zero-order chi connectivity index (χ0) is 15.9. The molecule has 0 spiro atoms. The van der Waals surface area contributed by atoms with E-state index in [1.54, 1.807) is 18.3 Å². The topological polar surface area (TPSA) is 88.2 Å². The molecule has 6 nitrogen and oxygen atoms in total. The van der Waals surface area contributed by atoms with Gasteiger partial charge in [0.05, 0.1) is 6.10 Å². The molecular weight excluding hydrogens is 302 g/mol. The lowest BCUT2D eigenvalue weighted by Gasteiger charge is -2.13. The molecule has 7 heteroatoms. The van der Waals surface area contributed by atoms with Crippen molar-refractivity contribution in [1.82, 2.24) is 15.5 Å². The number of carbonyl (C=O) groups is 1. The van der Waals surface area contributed by atoms with Crippen molar-refractivity contribution in [3.63, 3.8) is 0 Å². The summed E-state index contributed by atoms with van der Waals surface area (Å²) in [6.07, 6.45) is 1.06. The van der Waals surface area contributed by atoms with Gasteiger partial charge >= 0.3 is 0 Å². The van der Waals surface area contributed by atoms with Gasteiger partial charge in [0.15, 0.2) is 0 Å². The predicted molar refractivity (Wildman–Crippen MR) is 84.4 cm³/mol. The van der Waals surface area contributed by atoms with E-state index in [-0.39, 0.29) is 17.9 Å². The normalized spacial score (nSPS) is 13.8. The molecule has 0 bridgehead atoms. The van der Waals surface area contributed by atoms with Crippen molar-refractivity contribution in [3.05, 3.63) is 22.7 Å². The van der Waals surface area contributed by atoms with Gasteiger partial charge in [-0.3, -0.25) is 4.79 Å². The highest BCUT2D eigenvalue weighted by atomic mass is 32.1. The number of aromatic nitrogens is 2. The third-order valence-electron chi connectivity index (χ3n) is 3.19. The van der Waals surface area contributed by atoms with Crippen LogP contribution in [0.2, 0.25) is 0 Å². The van der Waals surface area contributed by atoms with E-state index in [4.69, 9.17) is 4.42 Å². The summed E-state index contributed by atoms with van der Waals surface area (Å²) in [6, 6.07) is 1.91. The lowest BCUT2D eigenvalue weighted by Crippen LogP contribution is -2.29. The maximum atomic E-state index is 11.8. The van der Waals surface area contributed by atoms with Gasteiger partial charge in [-0.05, 0) is 30.7 Å². The number of rotatable bonds is 8. The Labute approximate surface area is 133 Å². The number of carbonyl (C=O) groups excluding carboxylic acids is 1. The van der Waals surface area contributed by atoms with Crippen molar-refractivity contribution in [2.24, 2.45) is 5.92 Å². The van der Waals surface area contributed by atoms with E-state index in [0.29, 0.717) is 37.6 Å². The van der Waals surface area contributed by atoms with Crippen molar-refractivity contribution in [2.75, 3.05) is 6.54 Å². The maximum absolute atomic E-state index is 11.8. The van der Waals surface area contributed by atoms with Crippen molar-refractivity contribution in [1.29, 1.82) is 0 Å². The summed E-state index contributed by atoms with van der Waals surface area (Å²) in [5, 5.41) is 23.9. The fourth-order valence-electron chi connectivity index (χ4n) is 2.12. The molecule has 2 unspecified atom stereocenters. The minimum absolute atomic E-state index is 0.0484. The Balaban J connectivity index is 1.72. The van der Waals surface area contributed by atoms with Crippen LogP contribution in [0.25, 0.3) is 11.5 Å². The van der Waals surface area contributed by atoms with Crippen LogP contribution in [0, 0.1) is 5.92 Å². The van der Waals surface area contributed by atoms with Gasteiger partial charge in [0.25, 0.3) is 0 Å². The van der Waals surface area contributed by atoms with Gasteiger partial charge in [0, 0.05) is 30.3 Å². The van der Waals surface area contributed by atoms with Crippen LogP contribution < -0.4 is 5.32 Å². The molecule has 2 heterocycles. The first kappa shape index (κ1) is 16.6. The minimum atomic E-state index is -0.346. The zero-order valence-corrected chi connectivity index (χ0v) is 13.6. The van der Waals surface area contributed by atoms with E-state index < -0.39 is 0 Å². The largest absolute Gasteiger partial charge is 0.421 e. The molecule has 22 heavy (non-hydrogen) atoms. The molecule has 0 saturated heterocycles. The monoisotopic (exact) mass is 323 g/mol. The number of aryl methyl sites for hydroxylation is 1. The van der Waals surface area contributed by atoms with Crippen LogP contribution in [0.4, 0.5) is 0 Å². The van der Waals surface area contributed by atoms with Crippen molar-refractivity contribution < 1.29 is 14.3 Å². The summed E-state index contributed by atoms with van der Waals surface area (Å²) in [6.45, 7) is 4.31. The highest BCUT2D eigenvalue weighted by Crippen LogP contribution is 2.20. The van der Waals surface area contributed by atoms with Crippen LogP contribution >= 0.6 is 11.3 Å². The Bertz CT molecular complexity index is 581. The van der Waals surface area contributed by atoms with E-state index in [2.05, 4.69) is 15.5 Å². The number of amides is 1. The van der Waals surface area contributed by atoms with E-state index in [9.17, 15) is 9.90 Å². The summed E-state index contributed by atoms with van der Waals surface area (Å²) < 4.78 is 5.53. The Morgan fingerprint density at radius 2 is 2.27 bits per heavy atom. The van der Waals surface area contributed by atoms with E-state index in [1.165, 1.54) is 0 Å². The van der Waals surface area contributed by atoms with Crippen LogP contribution in [-0.2, 0) is 11.2 Å². The average molecular weight is 323 g/mol. The maximum Gasteiger partial charge on any atom is 0.248 e. The standard InChI is InChI=1S/C15H21N3O3S/c1-10(7-11(2)19)8-16-13(20)3-4-14-17-18-15(21-14)12-5-6-22-9-12/h5-6,9-11,19H,3-4,7-8H2,1-2H3,(H,16,20). The van der Waals surface area contributed by atoms with Crippen LogP contribution in [-0.4, -0.2) is 33.9 Å². The molecule has 0 aliphatic rings. The molecule has 0 saturated carbocycles. The molecule has 1 amide bonds.